The van der Waals surface area contributed by atoms with Gasteiger partial charge in [0, 0.05) is 22.7 Å². The minimum Gasteiger partial charge on any atom is -0.456 e. The maximum Gasteiger partial charge on any atom is 0.460 e. The van der Waals surface area contributed by atoms with E-state index in [-0.39, 0.29) is 16.1 Å². The lowest BCUT2D eigenvalue weighted by molar-refractivity contribution is -0.384. The molecule has 0 aliphatic heterocycles. The maximum atomic E-state index is 13.5. The van der Waals surface area contributed by atoms with E-state index in [0.717, 1.165) is 36.4 Å². The van der Waals surface area contributed by atoms with Crippen LogP contribution < -0.4 is 0 Å². The Hall–Kier alpha value is -3.42. The van der Waals surface area contributed by atoms with Gasteiger partial charge in [0.15, 0.2) is 6.61 Å². The second kappa shape index (κ2) is 9.83. The molecule has 1 unspecified atom stereocenters. The fourth-order valence-electron chi connectivity index (χ4n) is 2.32. The molecule has 34 heavy (non-hydrogen) atoms. The monoisotopic (exact) mass is 517 g/mol. The molecule has 1 atom stereocenters. The predicted octanol–water partition coefficient (Wildman–Crippen LogP) is 5.52. The standard InChI is InChI=1S/C19H11ClF7NO6/c20-12-5-1-10(2-6-12)14(34-15(29)11-3-7-13(8-4-11)28(31)32)16(30)33-9-17(21,22)18(23,24)19(25,26)27/h1-8,14H,9H2. The highest BCUT2D eigenvalue weighted by atomic mass is 35.5. The van der Waals surface area contributed by atoms with E-state index in [9.17, 15) is 50.4 Å². The molecule has 0 saturated heterocycles. The van der Waals surface area contributed by atoms with Crippen molar-refractivity contribution in [3.8, 4) is 0 Å². The van der Waals surface area contributed by atoms with Gasteiger partial charge in [-0.2, -0.15) is 30.7 Å². The zero-order chi connectivity index (χ0) is 25.9. The number of alkyl halides is 7. The van der Waals surface area contributed by atoms with E-state index in [1.165, 1.54) is 12.1 Å². The van der Waals surface area contributed by atoms with Crippen LogP contribution in [0, 0.1) is 10.1 Å². The molecule has 0 amide bonds. The zero-order valence-electron chi connectivity index (χ0n) is 16.3. The fraction of sp³-hybridized carbons (Fsp3) is 0.263. The molecule has 0 saturated carbocycles. The number of halogens is 8. The van der Waals surface area contributed by atoms with Gasteiger partial charge in [0.25, 0.3) is 5.69 Å². The van der Waals surface area contributed by atoms with E-state index in [1.807, 2.05) is 0 Å². The number of nitrogens with zero attached hydrogens (tertiary/aromatic N) is 1. The first-order valence-electron chi connectivity index (χ1n) is 8.77. The summed E-state index contributed by atoms with van der Waals surface area (Å²) in [6, 6.07) is 8.16. The van der Waals surface area contributed by atoms with Crippen molar-refractivity contribution in [1.82, 2.24) is 0 Å². The Labute approximate surface area is 190 Å². The topological polar surface area (TPSA) is 95.7 Å². The SMILES string of the molecule is O=C(OC(C(=O)OCC(F)(F)C(F)(F)C(F)(F)F)c1ccc(Cl)cc1)c1ccc([N+](=O)[O-])cc1. The van der Waals surface area contributed by atoms with Crippen LogP contribution in [0.4, 0.5) is 36.4 Å². The highest BCUT2D eigenvalue weighted by molar-refractivity contribution is 6.30. The molecule has 184 valence electrons. The lowest BCUT2D eigenvalue weighted by Gasteiger charge is -2.28. The van der Waals surface area contributed by atoms with Crippen molar-refractivity contribution in [3.05, 3.63) is 74.8 Å². The van der Waals surface area contributed by atoms with E-state index in [0.29, 0.717) is 0 Å². The molecule has 0 spiro atoms. The lowest BCUT2D eigenvalue weighted by atomic mass is 10.1. The Morgan fingerprint density at radius 2 is 1.47 bits per heavy atom. The number of esters is 2. The van der Waals surface area contributed by atoms with Crippen LogP contribution in [0.3, 0.4) is 0 Å². The van der Waals surface area contributed by atoms with Gasteiger partial charge in [-0.3, -0.25) is 10.1 Å². The first kappa shape index (κ1) is 26.8. The van der Waals surface area contributed by atoms with Gasteiger partial charge in [0.1, 0.15) is 0 Å². The average Bonchev–Trinajstić information content (AvgIpc) is 2.75. The number of nitro groups is 1. The van der Waals surface area contributed by atoms with Gasteiger partial charge < -0.3 is 9.47 Å². The lowest BCUT2D eigenvalue weighted by Crippen LogP contribution is -2.54. The Morgan fingerprint density at radius 3 is 1.94 bits per heavy atom. The molecule has 2 aromatic carbocycles. The van der Waals surface area contributed by atoms with Crippen LogP contribution >= 0.6 is 11.6 Å². The minimum atomic E-state index is -6.64. The highest BCUT2D eigenvalue weighted by Gasteiger charge is 2.73. The van der Waals surface area contributed by atoms with Gasteiger partial charge in [-0.15, -0.1) is 0 Å². The van der Waals surface area contributed by atoms with Gasteiger partial charge in [-0.05, 0) is 24.3 Å². The van der Waals surface area contributed by atoms with E-state index in [2.05, 4.69) is 4.74 Å². The molecule has 0 bridgehead atoms. The molecule has 0 aromatic heterocycles. The van der Waals surface area contributed by atoms with E-state index in [4.69, 9.17) is 16.3 Å². The molecule has 0 aliphatic rings. The van der Waals surface area contributed by atoms with Gasteiger partial charge in [0.2, 0.25) is 6.10 Å². The summed E-state index contributed by atoms with van der Waals surface area (Å²) in [6.07, 6.45) is -8.82. The van der Waals surface area contributed by atoms with Crippen molar-refractivity contribution < 1.29 is 54.7 Å². The molecule has 0 N–H and O–H groups in total. The molecule has 0 heterocycles. The summed E-state index contributed by atoms with van der Waals surface area (Å²) in [5.41, 5.74) is -1.00. The molecule has 15 heteroatoms. The van der Waals surface area contributed by atoms with Crippen LogP contribution in [0.5, 0.6) is 0 Å². The van der Waals surface area contributed by atoms with Gasteiger partial charge in [-0.1, -0.05) is 23.7 Å². The number of rotatable bonds is 8. The molecule has 0 aliphatic carbocycles. The molecule has 7 nitrogen and oxygen atoms in total. The molecule has 0 radical (unpaired) electrons. The molecule has 2 aromatic rings. The normalized spacial score (nSPS) is 13.2. The number of carbonyl (C=O) groups excluding carboxylic acids is 2. The number of hydrogen-bond donors (Lipinski definition) is 0. The Balaban J connectivity index is 2.27. The Kier molecular flexibility index (Phi) is 7.76. The smallest absolute Gasteiger partial charge is 0.456 e. The third kappa shape index (κ3) is 5.92. The quantitative estimate of drug-likeness (QED) is 0.198. The maximum absolute atomic E-state index is 13.5. The summed E-state index contributed by atoms with van der Waals surface area (Å²) in [5.74, 6) is -15.6. The van der Waals surface area contributed by atoms with Gasteiger partial charge >= 0.3 is 30.0 Å². The van der Waals surface area contributed by atoms with E-state index in [1.54, 1.807) is 0 Å². The van der Waals surface area contributed by atoms with Gasteiger partial charge in [-0.25, -0.2) is 9.59 Å². The van der Waals surface area contributed by atoms with Crippen molar-refractivity contribution in [3.63, 3.8) is 0 Å². The fourth-order valence-corrected chi connectivity index (χ4v) is 2.45. The van der Waals surface area contributed by atoms with E-state index >= 15 is 0 Å². The van der Waals surface area contributed by atoms with E-state index < -0.39 is 53.3 Å². The highest BCUT2D eigenvalue weighted by Crippen LogP contribution is 2.46. The van der Waals surface area contributed by atoms with Crippen LogP contribution in [-0.2, 0) is 14.3 Å². The third-order valence-corrected chi connectivity index (χ3v) is 4.39. The number of non-ortho nitro benzene ring substituents is 1. The first-order valence-corrected chi connectivity index (χ1v) is 9.14. The van der Waals surface area contributed by atoms with Crippen LogP contribution in [-0.4, -0.2) is 41.5 Å². The Bertz CT molecular complexity index is 1060. The zero-order valence-corrected chi connectivity index (χ0v) is 17.1. The van der Waals surface area contributed by atoms with Crippen LogP contribution in [0.25, 0.3) is 0 Å². The van der Waals surface area contributed by atoms with Crippen LogP contribution in [0.2, 0.25) is 5.02 Å². The number of carbonyl (C=O) groups is 2. The summed E-state index contributed by atoms with van der Waals surface area (Å²) in [4.78, 5) is 34.5. The van der Waals surface area contributed by atoms with Crippen LogP contribution in [0.1, 0.15) is 22.0 Å². The molecule has 2 rings (SSSR count). The summed E-state index contributed by atoms with van der Waals surface area (Å²) < 4.78 is 98.6. The second-order valence-electron chi connectivity index (χ2n) is 6.53. The van der Waals surface area contributed by atoms with Crippen molar-refractivity contribution in [1.29, 1.82) is 0 Å². The van der Waals surface area contributed by atoms with Crippen molar-refractivity contribution >= 4 is 29.2 Å². The predicted molar refractivity (Wildman–Crippen MR) is 99.6 cm³/mol. The van der Waals surface area contributed by atoms with Crippen molar-refractivity contribution in [2.45, 2.75) is 24.1 Å². The second-order valence-corrected chi connectivity index (χ2v) is 6.96. The first-order chi connectivity index (χ1) is 15.6. The minimum absolute atomic E-state index is 0.119. The summed E-state index contributed by atoms with van der Waals surface area (Å²) >= 11 is 5.68. The summed E-state index contributed by atoms with van der Waals surface area (Å²) in [5, 5.41) is 10.8. The molecule has 0 fully saturated rings. The third-order valence-electron chi connectivity index (χ3n) is 4.14. The summed E-state index contributed by atoms with van der Waals surface area (Å²) in [6.45, 7) is -2.68. The molecular formula is C19H11ClF7NO6. The van der Waals surface area contributed by atoms with Gasteiger partial charge in [0.05, 0.1) is 10.5 Å². The van der Waals surface area contributed by atoms with Crippen LogP contribution in [0.15, 0.2) is 48.5 Å². The Morgan fingerprint density at radius 1 is 0.941 bits per heavy atom. The molecular weight excluding hydrogens is 507 g/mol. The van der Waals surface area contributed by atoms with Crippen molar-refractivity contribution in [2.24, 2.45) is 0 Å². The summed E-state index contributed by atoms with van der Waals surface area (Å²) in [7, 11) is 0. The van der Waals surface area contributed by atoms with Crippen molar-refractivity contribution in [2.75, 3.05) is 6.61 Å². The largest absolute Gasteiger partial charge is 0.460 e. The number of nitro benzene ring substituents is 1. The average molecular weight is 518 g/mol. The number of benzene rings is 2. The number of ether oxygens (including phenoxy) is 2. The number of hydrogen-bond acceptors (Lipinski definition) is 6.